The van der Waals surface area contributed by atoms with E-state index in [0.29, 0.717) is 0 Å². The van der Waals surface area contributed by atoms with Gasteiger partial charge in [0.25, 0.3) is 0 Å². The fourth-order valence-electron chi connectivity index (χ4n) is 4.37. The second-order valence-corrected chi connectivity index (χ2v) is 9.05. The zero-order valence-corrected chi connectivity index (χ0v) is 21.0. The topological polar surface area (TPSA) is 76.1 Å². The lowest BCUT2D eigenvalue weighted by atomic mass is 9.96. The van der Waals surface area contributed by atoms with E-state index in [0.717, 1.165) is 43.3 Å². The molecule has 0 aromatic heterocycles. The van der Waals surface area contributed by atoms with Crippen molar-refractivity contribution in [2.75, 3.05) is 63.1 Å². The predicted molar refractivity (Wildman–Crippen MR) is 139 cm³/mol. The summed E-state index contributed by atoms with van der Waals surface area (Å²) in [6, 6.07) is 13.9. The molecule has 0 bridgehead atoms. The fraction of sp³-hybridized carbons (Fsp3) is 0.481. The summed E-state index contributed by atoms with van der Waals surface area (Å²) in [5.41, 5.74) is 2.82. The second kappa shape index (κ2) is 15.2. The van der Waals surface area contributed by atoms with Gasteiger partial charge < -0.3 is 25.0 Å². The van der Waals surface area contributed by atoms with Crippen LogP contribution >= 0.6 is 0 Å². The van der Waals surface area contributed by atoms with Crippen molar-refractivity contribution in [1.29, 1.82) is 0 Å². The maximum absolute atomic E-state index is 12.1. The van der Waals surface area contributed by atoms with Crippen LogP contribution in [-0.4, -0.2) is 80.5 Å². The molecule has 2 fully saturated rings. The molecule has 7 nitrogen and oxygen atoms in total. The van der Waals surface area contributed by atoms with E-state index in [4.69, 9.17) is 9.90 Å². The van der Waals surface area contributed by atoms with E-state index in [1.54, 1.807) is 19.1 Å². The number of benzene rings is 2. The van der Waals surface area contributed by atoms with Crippen molar-refractivity contribution >= 4 is 24.1 Å². The minimum atomic E-state index is -0.271. The highest BCUT2D eigenvalue weighted by Crippen LogP contribution is 2.22. The Bertz CT molecular complexity index is 880. The van der Waals surface area contributed by atoms with E-state index in [-0.39, 0.29) is 18.3 Å². The summed E-state index contributed by atoms with van der Waals surface area (Å²) in [6.45, 7) is 11.7. The third-order valence-electron chi connectivity index (χ3n) is 6.35. The Kier molecular flexibility index (Phi) is 12.4. The number of hydrogen-bond acceptors (Lipinski definition) is 6. The molecule has 0 atom stereocenters. The van der Waals surface area contributed by atoms with Crippen molar-refractivity contribution in [3.63, 3.8) is 0 Å². The van der Waals surface area contributed by atoms with E-state index in [2.05, 4.69) is 39.2 Å². The Morgan fingerprint density at radius 2 is 1.66 bits per heavy atom. The molecule has 0 radical (unpaired) electrons. The quantitative estimate of drug-likeness (QED) is 0.676. The fourth-order valence-corrected chi connectivity index (χ4v) is 4.37. The molecule has 2 saturated heterocycles. The summed E-state index contributed by atoms with van der Waals surface area (Å²) >= 11 is 0. The molecule has 8 heteroatoms. The van der Waals surface area contributed by atoms with E-state index in [9.17, 15) is 9.18 Å². The molecule has 1 amide bonds. The summed E-state index contributed by atoms with van der Waals surface area (Å²) in [6.07, 6.45) is 2.69. The van der Waals surface area contributed by atoms with Crippen LogP contribution in [0.25, 0.3) is 0 Å². The average molecular weight is 487 g/mol. The molecular weight excluding hydrogens is 447 g/mol. The van der Waals surface area contributed by atoms with Gasteiger partial charge in [-0.25, -0.2) is 4.39 Å². The molecule has 0 aliphatic carbocycles. The number of rotatable bonds is 5. The zero-order valence-electron chi connectivity index (χ0n) is 21.0. The smallest absolute Gasteiger partial charge is 0.221 e. The molecule has 192 valence electrons. The first-order chi connectivity index (χ1) is 16.9. The maximum atomic E-state index is 12.1. The minimum absolute atomic E-state index is 0.0184. The Hall–Kier alpha value is -2.81. The minimum Gasteiger partial charge on any atom is -0.392 e. The van der Waals surface area contributed by atoms with Gasteiger partial charge in [0, 0.05) is 51.0 Å². The third-order valence-corrected chi connectivity index (χ3v) is 6.35. The Morgan fingerprint density at radius 3 is 2.23 bits per heavy atom. The Morgan fingerprint density at radius 1 is 1.03 bits per heavy atom. The molecule has 2 aliphatic rings. The molecular formula is C27H39FN4O3. The number of piperidine rings is 1. The Labute approximate surface area is 208 Å². The number of nitrogens with one attached hydrogen (secondary N) is 1. The summed E-state index contributed by atoms with van der Waals surface area (Å²) in [5.74, 6) is 0.582. The number of halogens is 1. The summed E-state index contributed by atoms with van der Waals surface area (Å²) in [7, 11) is 2.23. The average Bonchev–Trinajstić information content (AvgIpc) is 2.88. The van der Waals surface area contributed by atoms with Gasteiger partial charge in [-0.2, -0.15) is 0 Å². The standard InChI is InChI=1S/C19H30N4O.C7H7FO.CH2O/c1-16(24)20-18-4-3-5-19(14-18)23-12-10-22(11-13-23)15-17-6-8-21(2)9-7-17;8-7-3-1-6(5-9)2-4-7;1-2/h3-5,14,17H,6-13,15H2,1-2H3,(H,20,24);1-4,9H,5H2;1H2. The zero-order chi connectivity index (χ0) is 25.6. The van der Waals surface area contributed by atoms with Crippen LogP contribution in [0.5, 0.6) is 0 Å². The highest BCUT2D eigenvalue weighted by Gasteiger charge is 2.23. The first-order valence-electron chi connectivity index (χ1n) is 12.1. The number of nitrogens with zero attached hydrogens (tertiary/aromatic N) is 3. The van der Waals surface area contributed by atoms with Crippen LogP contribution in [0.3, 0.4) is 0 Å². The van der Waals surface area contributed by atoms with Crippen LogP contribution in [0.15, 0.2) is 48.5 Å². The van der Waals surface area contributed by atoms with Gasteiger partial charge in [0.1, 0.15) is 12.6 Å². The van der Waals surface area contributed by atoms with E-state index in [1.807, 2.05) is 18.9 Å². The van der Waals surface area contributed by atoms with Gasteiger partial charge in [-0.15, -0.1) is 0 Å². The van der Waals surface area contributed by atoms with Crippen molar-refractivity contribution in [1.82, 2.24) is 9.80 Å². The molecule has 2 aromatic carbocycles. The van der Waals surface area contributed by atoms with E-state index in [1.165, 1.54) is 50.3 Å². The van der Waals surface area contributed by atoms with E-state index < -0.39 is 0 Å². The summed E-state index contributed by atoms with van der Waals surface area (Å²) < 4.78 is 12.1. The van der Waals surface area contributed by atoms with Gasteiger partial charge in [-0.05, 0) is 74.8 Å². The number of likely N-dealkylation sites (tertiary alicyclic amines) is 1. The van der Waals surface area contributed by atoms with Gasteiger partial charge in [-0.1, -0.05) is 18.2 Å². The van der Waals surface area contributed by atoms with Crippen LogP contribution in [0.2, 0.25) is 0 Å². The van der Waals surface area contributed by atoms with Gasteiger partial charge in [0.15, 0.2) is 0 Å². The molecule has 2 heterocycles. The van der Waals surface area contributed by atoms with Crippen LogP contribution in [0.4, 0.5) is 15.8 Å². The molecule has 4 rings (SSSR count). The number of amides is 1. The highest BCUT2D eigenvalue weighted by atomic mass is 19.1. The SMILES string of the molecule is C=O.CC(=O)Nc1cccc(N2CCN(CC3CCN(C)CC3)CC2)c1.OCc1ccc(F)cc1. The number of carbonyl (C=O) groups excluding carboxylic acids is 2. The van der Waals surface area contributed by atoms with Gasteiger partial charge in [0.2, 0.25) is 5.91 Å². The lowest BCUT2D eigenvalue weighted by molar-refractivity contribution is -0.114. The second-order valence-electron chi connectivity index (χ2n) is 9.05. The largest absolute Gasteiger partial charge is 0.392 e. The van der Waals surface area contributed by atoms with E-state index >= 15 is 0 Å². The van der Waals surface area contributed by atoms with Crippen LogP contribution in [0.1, 0.15) is 25.3 Å². The lowest BCUT2D eigenvalue weighted by Crippen LogP contribution is -2.48. The monoisotopic (exact) mass is 486 g/mol. The van der Waals surface area contributed by atoms with Gasteiger partial charge >= 0.3 is 0 Å². The van der Waals surface area contributed by atoms with Crippen molar-refractivity contribution in [3.8, 4) is 0 Å². The number of anilines is 2. The van der Waals surface area contributed by atoms with Crippen LogP contribution in [0, 0.1) is 11.7 Å². The number of piperazine rings is 1. The molecule has 2 aliphatic heterocycles. The molecule has 0 saturated carbocycles. The normalized spacial score (nSPS) is 17.0. The molecule has 2 aromatic rings. The first kappa shape index (κ1) is 28.4. The Balaban J connectivity index is 0.000000329. The summed E-state index contributed by atoms with van der Waals surface area (Å²) in [4.78, 5) is 26.7. The van der Waals surface area contributed by atoms with Crippen molar-refractivity contribution < 1.29 is 19.1 Å². The first-order valence-corrected chi connectivity index (χ1v) is 12.1. The molecule has 0 unspecified atom stereocenters. The molecule has 0 spiro atoms. The third kappa shape index (κ3) is 10.1. The van der Waals surface area contributed by atoms with Crippen molar-refractivity contribution in [2.45, 2.75) is 26.4 Å². The predicted octanol–water partition coefficient (Wildman–Crippen LogP) is 3.24. The van der Waals surface area contributed by atoms with Crippen LogP contribution in [-0.2, 0) is 16.2 Å². The van der Waals surface area contributed by atoms with Gasteiger partial charge in [0.05, 0.1) is 6.61 Å². The van der Waals surface area contributed by atoms with Crippen LogP contribution < -0.4 is 10.2 Å². The molecule has 35 heavy (non-hydrogen) atoms. The van der Waals surface area contributed by atoms with Gasteiger partial charge in [-0.3, -0.25) is 9.69 Å². The lowest BCUT2D eigenvalue weighted by Gasteiger charge is -2.39. The number of aliphatic hydroxyl groups is 1. The highest BCUT2D eigenvalue weighted by molar-refractivity contribution is 5.89. The molecule has 2 N–H and O–H groups in total. The van der Waals surface area contributed by atoms with Crippen molar-refractivity contribution in [3.05, 3.63) is 59.9 Å². The number of aliphatic hydroxyl groups excluding tert-OH is 1. The number of carbonyl (C=O) groups is 2. The maximum Gasteiger partial charge on any atom is 0.221 e. The number of hydrogen-bond donors (Lipinski definition) is 2. The van der Waals surface area contributed by atoms with Crippen molar-refractivity contribution in [2.24, 2.45) is 5.92 Å². The summed E-state index contributed by atoms with van der Waals surface area (Å²) in [5, 5.41) is 11.4.